The number of carboxylic acid groups (broad SMARTS) is 1. The maximum atomic E-state index is 10.7. The van der Waals surface area contributed by atoms with Crippen LogP contribution >= 0.6 is 0 Å². The zero-order chi connectivity index (χ0) is 11.0. The summed E-state index contributed by atoms with van der Waals surface area (Å²) >= 11 is 0. The van der Waals surface area contributed by atoms with E-state index in [1.807, 2.05) is 0 Å². The average molecular weight is 200 g/mol. The molecule has 0 radical (unpaired) electrons. The predicted octanol–water partition coefficient (Wildman–Crippen LogP) is 2.47. The fraction of sp³-hybridized carbons (Fsp3) is 0.727. The summed E-state index contributed by atoms with van der Waals surface area (Å²) in [6.45, 7) is 8.29. The summed E-state index contributed by atoms with van der Waals surface area (Å²) in [4.78, 5) is 10.7. The summed E-state index contributed by atoms with van der Waals surface area (Å²) in [5.41, 5.74) is -0.613. The number of hydrogen-bond acceptors (Lipinski definition) is 2. The summed E-state index contributed by atoms with van der Waals surface area (Å²) in [7, 11) is 0. The summed E-state index contributed by atoms with van der Waals surface area (Å²) in [5, 5.41) is 8.84. The van der Waals surface area contributed by atoms with Crippen LogP contribution in [0.5, 0.6) is 0 Å². The third-order valence-corrected chi connectivity index (χ3v) is 2.16. The van der Waals surface area contributed by atoms with Gasteiger partial charge in [0.05, 0.1) is 12.0 Å². The van der Waals surface area contributed by atoms with Crippen LogP contribution in [-0.4, -0.2) is 24.3 Å². The standard InChI is InChI=1S/C11H20O3/c1-4-8-14-9-6-5-7-11(2,3)10(12)13/h4H,1,5-9H2,2-3H3,(H,12,13). The number of rotatable bonds is 8. The van der Waals surface area contributed by atoms with Crippen molar-refractivity contribution >= 4 is 5.97 Å². The summed E-state index contributed by atoms with van der Waals surface area (Å²) in [6, 6.07) is 0. The topological polar surface area (TPSA) is 46.5 Å². The van der Waals surface area contributed by atoms with Gasteiger partial charge in [0.1, 0.15) is 0 Å². The minimum atomic E-state index is -0.732. The van der Waals surface area contributed by atoms with Crippen LogP contribution in [0.3, 0.4) is 0 Å². The van der Waals surface area contributed by atoms with Gasteiger partial charge in [-0.25, -0.2) is 0 Å². The van der Waals surface area contributed by atoms with Crippen molar-refractivity contribution in [1.29, 1.82) is 0 Å². The first-order chi connectivity index (χ1) is 6.50. The Balaban J connectivity index is 3.44. The van der Waals surface area contributed by atoms with Crippen molar-refractivity contribution in [3.05, 3.63) is 12.7 Å². The largest absolute Gasteiger partial charge is 0.481 e. The number of aliphatic carboxylic acids is 1. The first-order valence-corrected chi connectivity index (χ1v) is 4.93. The number of ether oxygens (including phenoxy) is 1. The first-order valence-electron chi connectivity index (χ1n) is 4.93. The van der Waals surface area contributed by atoms with Gasteiger partial charge in [0.2, 0.25) is 0 Å². The average Bonchev–Trinajstić information content (AvgIpc) is 2.10. The maximum absolute atomic E-state index is 10.7. The van der Waals surface area contributed by atoms with Crippen LogP contribution in [0.15, 0.2) is 12.7 Å². The molecule has 0 spiro atoms. The Morgan fingerprint density at radius 3 is 2.64 bits per heavy atom. The van der Waals surface area contributed by atoms with E-state index in [4.69, 9.17) is 9.84 Å². The molecule has 0 fully saturated rings. The monoisotopic (exact) mass is 200 g/mol. The Hall–Kier alpha value is -0.830. The first kappa shape index (κ1) is 13.2. The quantitative estimate of drug-likeness (QED) is 0.483. The minimum absolute atomic E-state index is 0.572. The highest BCUT2D eigenvalue weighted by Gasteiger charge is 2.25. The van der Waals surface area contributed by atoms with Gasteiger partial charge in [-0.05, 0) is 26.7 Å². The van der Waals surface area contributed by atoms with Gasteiger partial charge in [-0.15, -0.1) is 6.58 Å². The lowest BCUT2D eigenvalue weighted by molar-refractivity contribution is -0.147. The van der Waals surface area contributed by atoms with Crippen molar-refractivity contribution in [2.24, 2.45) is 5.41 Å². The molecular weight excluding hydrogens is 180 g/mol. The van der Waals surface area contributed by atoms with Gasteiger partial charge in [0.15, 0.2) is 0 Å². The molecule has 14 heavy (non-hydrogen) atoms. The maximum Gasteiger partial charge on any atom is 0.309 e. The Kier molecular flexibility index (Phi) is 6.21. The van der Waals surface area contributed by atoms with Crippen LogP contribution in [-0.2, 0) is 9.53 Å². The van der Waals surface area contributed by atoms with E-state index in [1.54, 1.807) is 19.9 Å². The molecule has 0 aromatic rings. The molecule has 3 nitrogen and oxygen atoms in total. The van der Waals surface area contributed by atoms with E-state index in [0.717, 1.165) is 12.8 Å². The van der Waals surface area contributed by atoms with Gasteiger partial charge in [-0.1, -0.05) is 12.5 Å². The second kappa shape index (κ2) is 6.60. The molecule has 0 heterocycles. The molecule has 0 aromatic carbocycles. The van der Waals surface area contributed by atoms with Crippen LogP contribution in [0.4, 0.5) is 0 Å². The highest BCUT2D eigenvalue weighted by atomic mass is 16.5. The molecule has 0 unspecified atom stereocenters. The highest BCUT2D eigenvalue weighted by Crippen LogP contribution is 2.23. The van der Waals surface area contributed by atoms with E-state index in [1.165, 1.54) is 0 Å². The molecule has 0 amide bonds. The zero-order valence-corrected chi connectivity index (χ0v) is 9.08. The molecule has 0 saturated heterocycles. The third kappa shape index (κ3) is 5.75. The SMILES string of the molecule is C=CCOCCCCC(C)(C)C(=O)O. The predicted molar refractivity (Wildman–Crippen MR) is 56.3 cm³/mol. The smallest absolute Gasteiger partial charge is 0.309 e. The van der Waals surface area contributed by atoms with Crippen molar-refractivity contribution in [2.75, 3.05) is 13.2 Å². The van der Waals surface area contributed by atoms with E-state index in [2.05, 4.69) is 6.58 Å². The zero-order valence-electron chi connectivity index (χ0n) is 9.08. The van der Waals surface area contributed by atoms with E-state index in [0.29, 0.717) is 19.6 Å². The molecule has 0 aliphatic heterocycles. The Morgan fingerprint density at radius 2 is 2.14 bits per heavy atom. The summed E-state index contributed by atoms with van der Waals surface area (Å²) in [5.74, 6) is -0.732. The van der Waals surface area contributed by atoms with Gasteiger partial charge in [-0.3, -0.25) is 4.79 Å². The van der Waals surface area contributed by atoms with Crippen molar-refractivity contribution in [1.82, 2.24) is 0 Å². The molecule has 0 bridgehead atoms. The molecule has 0 aliphatic carbocycles. The normalized spacial score (nSPS) is 11.3. The summed E-state index contributed by atoms with van der Waals surface area (Å²) in [6.07, 6.45) is 4.20. The van der Waals surface area contributed by atoms with Crippen LogP contribution in [0.1, 0.15) is 33.1 Å². The molecule has 3 heteroatoms. The second-order valence-corrected chi connectivity index (χ2v) is 4.01. The number of hydrogen-bond donors (Lipinski definition) is 1. The van der Waals surface area contributed by atoms with E-state index < -0.39 is 11.4 Å². The van der Waals surface area contributed by atoms with Crippen LogP contribution in [0, 0.1) is 5.41 Å². The third-order valence-electron chi connectivity index (χ3n) is 2.16. The fourth-order valence-corrected chi connectivity index (χ4v) is 1.04. The molecule has 0 aliphatic rings. The Morgan fingerprint density at radius 1 is 1.50 bits per heavy atom. The molecule has 0 aromatic heterocycles. The molecule has 0 rings (SSSR count). The molecular formula is C11H20O3. The highest BCUT2D eigenvalue weighted by molar-refractivity contribution is 5.73. The van der Waals surface area contributed by atoms with Crippen molar-refractivity contribution in [2.45, 2.75) is 33.1 Å². The minimum Gasteiger partial charge on any atom is -0.481 e. The van der Waals surface area contributed by atoms with Gasteiger partial charge >= 0.3 is 5.97 Å². The van der Waals surface area contributed by atoms with E-state index in [-0.39, 0.29) is 0 Å². The number of unbranched alkanes of at least 4 members (excludes halogenated alkanes) is 1. The molecule has 0 atom stereocenters. The lowest BCUT2D eigenvalue weighted by Crippen LogP contribution is -2.23. The Labute approximate surface area is 85.8 Å². The van der Waals surface area contributed by atoms with Crippen LogP contribution < -0.4 is 0 Å². The summed E-state index contributed by atoms with van der Waals surface area (Å²) < 4.78 is 5.19. The second-order valence-electron chi connectivity index (χ2n) is 4.01. The lowest BCUT2D eigenvalue weighted by atomic mass is 9.87. The number of carboxylic acids is 1. The molecule has 0 saturated carbocycles. The fourth-order valence-electron chi connectivity index (χ4n) is 1.04. The van der Waals surface area contributed by atoms with Crippen LogP contribution in [0.2, 0.25) is 0 Å². The molecule has 1 N–H and O–H groups in total. The van der Waals surface area contributed by atoms with E-state index in [9.17, 15) is 4.79 Å². The van der Waals surface area contributed by atoms with Crippen molar-refractivity contribution < 1.29 is 14.6 Å². The van der Waals surface area contributed by atoms with E-state index >= 15 is 0 Å². The van der Waals surface area contributed by atoms with Gasteiger partial charge in [0, 0.05) is 6.61 Å². The Bertz CT molecular complexity index is 185. The van der Waals surface area contributed by atoms with Crippen molar-refractivity contribution in [3.63, 3.8) is 0 Å². The molecule has 82 valence electrons. The lowest BCUT2D eigenvalue weighted by Gasteiger charge is -2.18. The van der Waals surface area contributed by atoms with Gasteiger partial charge in [-0.2, -0.15) is 0 Å². The van der Waals surface area contributed by atoms with Gasteiger partial charge in [0.25, 0.3) is 0 Å². The number of carbonyl (C=O) groups is 1. The van der Waals surface area contributed by atoms with Crippen molar-refractivity contribution in [3.8, 4) is 0 Å². The van der Waals surface area contributed by atoms with Gasteiger partial charge < -0.3 is 9.84 Å². The van der Waals surface area contributed by atoms with Crippen LogP contribution in [0.25, 0.3) is 0 Å².